The molecule has 0 saturated carbocycles. The fourth-order valence-corrected chi connectivity index (χ4v) is 2.66. The Bertz CT molecular complexity index is 646. The number of halogens is 1. The fourth-order valence-electron chi connectivity index (χ4n) is 1.59. The van der Waals surface area contributed by atoms with Crippen LogP contribution in [-0.2, 0) is 16.4 Å². The summed E-state index contributed by atoms with van der Waals surface area (Å²) in [7, 11) is -3.33. The van der Waals surface area contributed by atoms with Crippen LogP contribution in [0.4, 0.5) is 0 Å². The Hall–Kier alpha value is -1.07. The Morgan fingerprint density at radius 1 is 1.50 bits per heavy atom. The van der Waals surface area contributed by atoms with E-state index in [1.807, 2.05) is 6.92 Å². The average molecular weight is 259 g/mol. The van der Waals surface area contributed by atoms with Crippen molar-refractivity contribution in [3.63, 3.8) is 0 Å². The molecule has 2 rings (SSSR count). The molecule has 0 bridgehead atoms. The van der Waals surface area contributed by atoms with Gasteiger partial charge in [0.2, 0.25) is 10.0 Å². The number of hydrogen-bond acceptors (Lipinski definition) is 3. The number of aryl methyl sites for hydroxylation is 1. The first-order chi connectivity index (χ1) is 7.45. The Morgan fingerprint density at radius 2 is 2.19 bits per heavy atom. The van der Waals surface area contributed by atoms with Crippen molar-refractivity contribution >= 4 is 32.7 Å². The molecule has 0 aliphatic rings. The van der Waals surface area contributed by atoms with Gasteiger partial charge < -0.3 is 0 Å². The summed E-state index contributed by atoms with van der Waals surface area (Å²) < 4.78 is 24.0. The van der Waals surface area contributed by atoms with Gasteiger partial charge in [0.15, 0.2) is 5.65 Å². The average Bonchev–Trinajstić information content (AvgIpc) is 2.62. The van der Waals surface area contributed by atoms with Gasteiger partial charge in [-0.3, -0.25) is 0 Å². The summed E-state index contributed by atoms with van der Waals surface area (Å²) in [5.74, 6) is 0. The highest BCUT2D eigenvalue weighted by atomic mass is 35.5. The lowest BCUT2D eigenvalue weighted by Crippen LogP contribution is -2.09. The van der Waals surface area contributed by atoms with Crippen molar-refractivity contribution in [2.24, 2.45) is 0 Å². The van der Waals surface area contributed by atoms with Crippen LogP contribution in [0, 0.1) is 0 Å². The molecule has 0 amide bonds. The highest BCUT2D eigenvalue weighted by Gasteiger charge is 2.14. The summed E-state index contributed by atoms with van der Waals surface area (Å²) in [5.41, 5.74) is 1.30. The van der Waals surface area contributed by atoms with Crippen molar-refractivity contribution in [2.45, 2.75) is 13.3 Å². The lowest BCUT2D eigenvalue weighted by molar-refractivity contribution is 0.595. The standard InChI is InChI=1S/C10H11ClN2O2S/c1-3-7-6-12-10-8(9(7)11)4-5-13(10)16(2,14)15/h4-6H,3H2,1-2H3. The van der Waals surface area contributed by atoms with Gasteiger partial charge in [-0.1, -0.05) is 18.5 Å². The molecule has 0 saturated heterocycles. The zero-order valence-electron chi connectivity index (χ0n) is 8.94. The molecule has 0 radical (unpaired) electrons. The number of hydrogen-bond donors (Lipinski definition) is 0. The second-order valence-electron chi connectivity index (χ2n) is 3.56. The number of fused-ring (bicyclic) bond motifs is 1. The van der Waals surface area contributed by atoms with E-state index in [4.69, 9.17) is 11.6 Å². The van der Waals surface area contributed by atoms with Crippen LogP contribution in [0.2, 0.25) is 5.02 Å². The third kappa shape index (κ3) is 1.70. The molecular weight excluding hydrogens is 248 g/mol. The van der Waals surface area contributed by atoms with E-state index in [0.717, 1.165) is 22.2 Å². The van der Waals surface area contributed by atoms with Crippen LogP contribution in [0.25, 0.3) is 11.0 Å². The molecule has 0 aromatic carbocycles. The predicted molar refractivity (Wildman–Crippen MR) is 64.4 cm³/mol. The maximum Gasteiger partial charge on any atom is 0.237 e. The van der Waals surface area contributed by atoms with Crippen molar-refractivity contribution in [3.8, 4) is 0 Å². The molecule has 0 unspecified atom stereocenters. The highest BCUT2D eigenvalue weighted by molar-refractivity contribution is 7.89. The first-order valence-corrected chi connectivity index (χ1v) is 7.02. The van der Waals surface area contributed by atoms with Crippen molar-refractivity contribution in [1.82, 2.24) is 8.96 Å². The summed E-state index contributed by atoms with van der Waals surface area (Å²) in [6, 6.07) is 1.67. The summed E-state index contributed by atoms with van der Waals surface area (Å²) in [4.78, 5) is 4.14. The summed E-state index contributed by atoms with van der Waals surface area (Å²) in [5, 5.41) is 1.25. The van der Waals surface area contributed by atoms with Gasteiger partial charge in [0.25, 0.3) is 0 Å². The maximum atomic E-state index is 11.5. The third-order valence-corrected chi connectivity index (χ3v) is 3.88. The van der Waals surface area contributed by atoms with E-state index in [1.54, 1.807) is 12.3 Å². The Kier molecular flexibility index (Phi) is 2.67. The molecule has 6 heteroatoms. The molecule has 16 heavy (non-hydrogen) atoms. The number of nitrogens with zero attached hydrogens (tertiary/aromatic N) is 2. The first-order valence-electron chi connectivity index (χ1n) is 4.80. The van der Waals surface area contributed by atoms with Crippen molar-refractivity contribution in [1.29, 1.82) is 0 Å². The minimum atomic E-state index is -3.33. The molecule has 0 aliphatic heterocycles. The molecule has 0 atom stereocenters. The normalized spacial score (nSPS) is 12.2. The first kappa shape index (κ1) is 11.4. The predicted octanol–water partition coefficient (Wildman–Crippen LogP) is 2.06. The van der Waals surface area contributed by atoms with Crippen LogP contribution in [0.1, 0.15) is 12.5 Å². The topological polar surface area (TPSA) is 52.0 Å². The second-order valence-corrected chi connectivity index (χ2v) is 5.80. The molecule has 0 aliphatic carbocycles. The van der Waals surface area contributed by atoms with Gasteiger partial charge in [-0.15, -0.1) is 0 Å². The van der Waals surface area contributed by atoms with E-state index >= 15 is 0 Å². The van der Waals surface area contributed by atoms with Crippen LogP contribution >= 0.6 is 11.6 Å². The summed E-state index contributed by atoms with van der Waals surface area (Å²) >= 11 is 6.16. The van der Waals surface area contributed by atoms with Gasteiger partial charge in [-0.05, 0) is 18.1 Å². The molecule has 2 heterocycles. The Balaban J connectivity index is 2.82. The minimum Gasteiger partial charge on any atom is -0.237 e. The largest absolute Gasteiger partial charge is 0.237 e. The van der Waals surface area contributed by atoms with Gasteiger partial charge in [0.1, 0.15) is 0 Å². The van der Waals surface area contributed by atoms with Crippen molar-refractivity contribution < 1.29 is 8.42 Å². The van der Waals surface area contributed by atoms with Crippen LogP contribution < -0.4 is 0 Å². The van der Waals surface area contributed by atoms with Crippen LogP contribution in [0.15, 0.2) is 18.5 Å². The summed E-state index contributed by atoms with van der Waals surface area (Å²) in [6.45, 7) is 1.97. The maximum absolute atomic E-state index is 11.5. The molecule has 0 spiro atoms. The quantitative estimate of drug-likeness (QED) is 0.829. The zero-order valence-corrected chi connectivity index (χ0v) is 10.5. The fraction of sp³-hybridized carbons (Fsp3) is 0.300. The molecule has 0 N–H and O–H groups in total. The van der Waals surface area contributed by atoms with E-state index < -0.39 is 10.0 Å². The van der Waals surface area contributed by atoms with Crippen molar-refractivity contribution in [3.05, 3.63) is 29.0 Å². The lowest BCUT2D eigenvalue weighted by Gasteiger charge is -2.04. The van der Waals surface area contributed by atoms with Gasteiger partial charge in [0.05, 0.1) is 11.3 Å². The van der Waals surface area contributed by atoms with E-state index in [2.05, 4.69) is 4.98 Å². The number of rotatable bonds is 2. The van der Waals surface area contributed by atoms with E-state index in [9.17, 15) is 8.42 Å². The molecule has 0 fully saturated rings. The monoisotopic (exact) mass is 258 g/mol. The Morgan fingerprint density at radius 3 is 2.75 bits per heavy atom. The summed E-state index contributed by atoms with van der Waals surface area (Å²) in [6.07, 6.45) is 4.99. The molecule has 4 nitrogen and oxygen atoms in total. The molecular formula is C10H11ClN2O2S. The van der Waals surface area contributed by atoms with E-state index in [0.29, 0.717) is 16.1 Å². The van der Waals surface area contributed by atoms with Gasteiger partial charge in [-0.25, -0.2) is 17.4 Å². The zero-order chi connectivity index (χ0) is 11.9. The molecule has 2 aromatic heterocycles. The lowest BCUT2D eigenvalue weighted by atomic mass is 10.2. The van der Waals surface area contributed by atoms with E-state index in [1.165, 1.54) is 6.20 Å². The van der Waals surface area contributed by atoms with Gasteiger partial charge >= 0.3 is 0 Å². The minimum absolute atomic E-state index is 0.379. The number of aromatic nitrogens is 2. The van der Waals surface area contributed by atoms with Crippen LogP contribution in [-0.4, -0.2) is 23.6 Å². The Labute approximate surface area is 98.9 Å². The van der Waals surface area contributed by atoms with Crippen molar-refractivity contribution in [2.75, 3.05) is 6.26 Å². The molecule has 2 aromatic rings. The molecule has 86 valence electrons. The van der Waals surface area contributed by atoms with Gasteiger partial charge in [-0.2, -0.15) is 0 Å². The van der Waals surface area contributed by atoms with E-state index in [-0.39, 0.29) is 0 Å². The second kappa shape index (κ2) is 3.75. The highest BCUT2D eigenvalue weighted by Crippen LogP contribution is 2.27. The third-order valence-electron chi connectivity index (χ3n) is 2.43. The number of pyridine rings is 1. The van der Waals surface area contributed by atoms with Crippen LogP contribution in [0.5, 0.6) is 0 Å². The van der Waals surface area contributed by atoms with Crippen LogP contribution in [0.3, 0.4) is 0 Å². The smallest absolute Gasteiger partial charge is 0.237 e. The van der Waals surface area contributed by atoms with Gasteiger partial charge in [0, 0.05) is 17.8 Å². The SMILES string of the molecule is CCc1cnc2c(ccn2S(C)(=O)=O)c1Cl.